The fourth-order valence-corrected chi connectivity index (χ4v) is 4.22. The van der Waals surface area contributed by atoms with Crippen LogP contribution in [0.5, 0.6) is 0 Å². The number of guanidine groups is 1. The fourth-order valence-electron chi connectivity index (χ4n) is 4.22. The van der Waals surface area contributed by atoms with E-state index in [1.807, 2.05) is 17.0 Å². The first kappa shape index (κ1) is 20.9. The molecule has 0 aliphatic carbocycles. The van der Waals surface area contributed by atoms with Crippen molar-refractivity contribution < 1.29 is 4.79 Å². The number of benzene rings is 3. The number of amides is 1. The van der Waals surface area contributed by atoms with Crippen LogP contribution < -0.4 is 10.6 Å². The molecule has 0 fully saturated rings. The second-order valence-corrected chi connectivity index (χ2v) is 8.06. The first-order valence-corrected chi connectivity index (χ1v) is 10.9. The van der Waals surface area contributed by atoms with E-state index in [2.05, 4.69) is 77.1 Å². The van der Waals surface area contributed by atoms with Gasteiger partial charge < -0.3 is 15.5 Å². The number of hydrogen-bond acceptors (Lipinski definition) is 2. The summed E-state index contributed by atoms with van der Waals surface area (Å²) in [6.07, 6.45) is 1.31. The molecule has 1 aliphatic heterocycles. The largest absolute Gasteiger partial charge is 0.356 e. The molecule has 4 rings (SSSR count). The zero-order valence-electron chi connectivity index (χ0n) is 18.3. The predicted octanol–water partition coefficient (Wildman–Crippen LogP) is 4.39. The SMILES string of the molecule is CN=C(NCCCC(=O)N1Cc2ccccc2C1)NC(C)c1cccc2ccccc12. The summed E-state index contributed by atoms with van der Waals surface area (Å²) in [5.41, 5.74) is 3.77. The van der Waals surface area contributed by atoms with E-state index in [4.69, 9.17) is 0 Å². The van der Waals surface area contributed by atoms with Crippen LogP contribution in [0.1, 0.15) is 42.5 Å². The van der Waals surface area contributed by atoms with Gasteiger partial charge in [0.15, 0.2) is 5.96 Å². The molecule has 1 heterocycles. The Morgan fingerprint density at radius 1 is 1.00 bits per heavy atom. The van der Waals surface area contributed by atoms with Gasteiger partial charge in [-0.05, 0) is 40.8 Å². The van der Waals surface area contributed by atoms with Gasteiger partial charge in [-0.1, -0.05) is 66.7 Å². The normalized spacial score (nSPS) is 14.4. The van der Waals surface area contributed by atoms with Crippen LogP contribution in [-0.4, -0.2) is 30.4 Å². The minimum Gasteiger partial charge on any atom is -0.356 e. The molecule has 0 radical (unpaired) electrons. The highest BCUT2D eigenvalue weighted by molar-refractivity contribution is 5.87. The van der Waals surface area contributed by atoms with Crippen LogP contribution in [0.2, 0.25) is 0 Å². The van der Waals surface area contributed by atoms with Crippen molar-refractivity contribution in [1.82, 2.24) is 15.5 Å². The van der Waals surface area contributed by atoms with Gasteiger partial charge in [0.25, 0.3) is 0 Å². The molecule has 3 aromatic carbocycles. The van der Waals surface area contributed by atoms with Crippen LogP contribution in [0.3, 0.4) is 0 Å². The van der Waals surface area contributed by atoms with Crippen LogP contribution in [0.4, 0.5) is 0 Å². The number of hydrogen-bond donors (Lipinski definition) is 2. The summed E-state index contributed by atoms with van der Waals surface area (Å²) in [7, 11) is 1.78. The predicted molar refractivity (Wildman–Crippen MR) is 127 cm³/mol. The molecule has 0 saturated heterocycles. The lowest BCUT2D eigenvalue weighted by Gasteiger charge is -2.20. The van der Waals surface area contributed by atoms with Crippen LogP contribution in [0.25, 0.3) is 10.8 Å². The quantitative estimate of drug-likeness (QED) is 0.357. The highest BCUT2D eigenvalue weighted by Crippen LogP contribution is 2.24. The Kier molecular flexibility index (Phi) is 6.51. The van der Waals surface area contributed by atoms with E-state index in [1.165, 1.54) is 27.5 Å². The minimum atomic E-state index is 0.113. The van der Waals surface area contributed by atoms with Crippen LogP contribution in [0, 0.1) is 0 Å². The number of nitrogens with zero attached hydrogens (tertiary/aromatic N) is 2. The molecule has 1 atom stereocenters. The van der Waals surface area contributed by atoms with Gasteiger partial charge in [0.2, 0.25) is 5.91 Å². The zero-order valence-corrected chi connectivity index (χ0v) is 18.3. The van der Waals surface area contributed by atoms with E-state index in [0.717, 1.165) is 25.5 Å². The number of rotatable bonds is 6. The molecule has 2 N–H and O–H groups in total. The summed E-state index contributed by atoms with van der Waals surface area (Å²) < 4.78 is 0. The summed E-state index contributed by atoms with van der Waals surface area (Å²) in [5.74, 6) is 0.964. The van der Waals surface area contributed by atoms with Crippen molar-refractivity contribution in [2.45, 2.75) is 38.9 Å². The highest BCUT2D eigenvalue weighted by Gasteiger charge is 2.22. The second-order valence-electron chi connectivity index (χ2n) is 8.06. The maximum absolute atomic E-state index is 12.6. The Morgan fingerprint density at radius 3 is 2.42 bits per heavy atom. The van der Waals surface area contributed by atoms with Gasteiger partial charge in [-0.15, -0.1) is 0 Å². The standard InChI is InChI=1S/C26H30N4O/c1-19(23-14-7-12-20-9-5-6-13-24(20)23)29-26(27-2)28-16-8-15-25(31)30-17-21-10-3-4-11-22(21)18-30/h3-7,9-14,19H,8,15-18H2,1-2H3,(H2,27,28,29). The number of fused-ring (bicyclic) bond motifs is 2. The summed E-state index contributed by atoms with van der Waals surface area (Å²) in [4.78, 5) is 18.9. The average Bonchev–Trinajstić information content (AvgIpc) is 3.25. The monoisotopic (exact) mass is 414 g/mol. The van der Waals surface area contributed by atoms with Crippen molar-refractivity contribution in [2.75, 3.05) is 13.6 Å². The molecule has 31 heavy (non-hydrogen) atoms. The Bertz CT molecular complexity index is 1060. The number of nitrogens with one attached hydrogen (secondary N) is 2. The summed E-state index contributed by atoms with van der Waals surface area (Å²) in [6.45, 7) is 4.31. The van der Waals surface area contributed by atoms with Gasteiger partial charge in [0.1, 0.15) is 0 Å². The van der Waals surface area contributed by atoms with E-state index in [1.54, 1.807) is 7.05 Å². The van der Waals surface area contributed by atoms with Crippen molar-refractivity contribution >= 4 is 22.6 Å². The Balaban J connectivity index is 1.25. The molecule has 0 saturated carbocycles. The molecule has 0 bridgehead atoms. The maximum atomic E-state index is 12.6. The van der Waals surface area contributed by atoms with E-state index in [0.29, 0.717) is 13.0 Å². The lowest BCUT2D eigenvalue weighted by Crippen LogP contribution is -2.39. The summed E-state index contributed by atoms with van der Waals surface area (Å²) >= 11 is 0. The smallest absolute Gasteiger partial charge is 0.223 e. The molecule has 160 valence electrons. The summed E-state index contributed by atoms with van der Waals surface area (Å²) in [5, 5.41) is 9.31. The second kappa shape index (κ2) is 9.65. The van der Waals surface area contributed by atoms with E-state index < -0.39 is 0 Å². The third kappa shape index (κ3) is 4.88. The van der Waals surface area contributed by atoms with Crippen molar-refractivity contribution in [1.29, 1.82) is 0 Å². The van der Waals surface area contributed by atoms with Gasteiger partial charge in [0, 0.05) is 33.1 Å². The molecule has 0 spiro atoms. The lowest BCUT2D eigenvalue weighted by molar-refractivity contribution is -0.131. The molecule has 5 heteroatoms. The maximum Gasteiger partial charge on any atom is 0.223 e. The van der Waals surface area contributed by atoms with Crippen LogP contribution >= 0.6 is 0 Å². The summed E-state index contributed by atoms with van der Waals surface area (Å²) in [6, 6.07) is 23.2. The first-order chi connectivity index (χ1) is 15.2. The molecule has 1 amide bonds. The van der Waals surface area contributed by atoms with Gasteiger partial charge in [-0.3, -0.25) is 9.79 Å². The Labute approximate surface area is 184 Å². The number of carbonyl (C=O) groups is 1. The minimum absolute atomic E-state index is 0.113. The van der Waals surface area contributed by atoms with Crippen molar-refractivity contribution in [3.8, 4) is 0 Å². The van der Waals surface area contributed by atoms with Gasteiger partial charge >= 0.3 is 0 Å². The van der Waals surface area contributed by atoms with Crippen LogP contribution in [-0.2, 0) is 17.9 Å². The van der Waals surface area contributed by atoms with E-state index >= 15 is 0 Å². The molecule has 5 nitrogen and oxygen atoms in total. The van der Waals surface area contributed by atoms with Gasteiger partial charge in [-0.2, -0.15) is 0 Å². The van der Waals surface area contributed by atoms with Crippen molar-refractivity contribution in [3.05, 3.63) is 83.4 Å². The topological polar surface area (TPSA) is 56.7 Å². The third-order valence-corrected chi connectivity index (χ3v) is 5.92. The molecule has 1 unspecified atom stereocenters. The highest BCUT2D eigenvalue weighted by atomic mass is 16.2. The van der Waals surface area contributed by atoms with Gasteiger partial charge in [0.05, 0.1) is 6.04 Å². The van der Waals surface area contributed by atoms with Crippen molar-refractivity contribution in [3.63, 3.8) is 0 Å². The van der Waals surface area contributed by atoms with E-state index in [-0.39, 0.29) is 11.9 Å². The molecule has 1 aliphatic rings. The average molecular weight is 415 g/mol. The fraction of sp³-hybridized carbons (Fsp3) is 0.308. The molecule has 3 aromatic rings. The third-order valence-electron chi connectivity index (χ3n) is 5.92. The van der Waals surface area contributed by atoms with Crippen LogP contribution in [0.15, 0.2) is 71.7 Å². The van der Waals surface area contributed by atoms with Gasteiger partial charge in [-0.25, -0.2) is 0 Å². The number of carbonyl (C=O) groups excluding carboxylic acids is 1. The lowest BCUT2D eigenvalue weighted by atomic mass is 10.00. The molecule has 0 aromatic heterocycles. The Hall–Kier alpha value is -3.34. The first-order valence-electron chi connectivity index (χ1n) is 10.9. The zero-order chi connectivity index (χ0) is 21.6. The molecular weight excluding hydrogens is 384 g/mol. The molecular formula is C26H30N4O. The van der Waals surface area contributed by atoms with E-state index in [9.17, 15) is 4.79 Å². The Morgan fingerprint density at radius 2 is 1.68 bits per heavy atom. The van der Waals surface area contributed by atoms with Crippen molar-refractivity contribution in [2.24, 2.45) is 4.99 Å². The number of aliphatic imine (C=N–C) groups is 1.